The van der Waals surface area contributed by atoms with Crippen molar-refractivity contribution in [2.24, 2.45) is 5.92 Å². The van der Waals surface area contributed by atoms with E-state index in [1.807, 2.05) is 24.3 Å². The Labute approximate surface area is 121 Å². The molecule has 0 amide bonds. The standard InChI is InChI=1S/C16H25NO3/c1-12(2)9-10-20-15-7-5-14(6-8-15)11-17-13(3)16(18)19-4/h5-8,12-13,17H,9-11H2,1-4H3. The van der Waals surface area contributed by atoms with E-state index in [9.17, 15) is 4.79 Å². The molecule has 1 aromatic rings. The molecule has 0 saturated heterocycles. The van der Waals surface area contributed by atoms with Crippen LogP contribution in [0.4, 0.5) is 0 Å². The minimum atomic E-state index is -0.304. The van der Waals surface area contributed by atoms with Gasteiger partial charge in [0.1, 0.15) is 11.8 Å². The van der Waals surface area contributed by atoms with Crippen LogP contribution in [0.1, 0.15) is 32.8 Å². The number of esters is 1. The Morgan fingerprint density at radius 3 is 2.40 bits per heavy atom. The maximum Gasteiger partial charge on any atom is 0.322 e. The third-order valence-corrected chi connectivity index (χ3v) is 3.05. The monoisotopic (exact) mass is 279 g/mol. The lowest BCUT2D eigenvalue weighted by molar-refractivity contribution is -0.142. The molecular weight excluding hydrogens is 254 g/mol. The fourth-order valence-electron chi connectivity index (χ4n) is 1.65. The Balaban J connectivity index is 2.37. The Bertz CT molecular complexity index is 401. The fraction of sp³-hybridized carbons (Fsp3) is 0.562. The van der Waals surface area contributed by atoms with Gasteiger partial charge in [-0.05, 0) is 37.0 Å². The van der Waals surface area contributed by atoms with E-state index in [2.05, 4.69) is 23.9 Å². The highest BCUT2D eigenvalue weighted by Gasteiger charge is 2.11. The molecule has 0 aliphatic rings. The predicted molar refractivity (Wildman–Crippen MR) is 79.7 cm³/mol. The highest BCUT2D eigenvalue weighted by molar-refractivity contribution is 5.75. The SMILES string of the molecule is COC(=O)C(C)NCc1ccc(OCCC(C)C)cc1. The molecule has 0 saturated carbocycles. The van der Waals surface area contributed by atoms with Crippen LogP contribution in [-0.2, 0) is 16.1 Å². The Morgan fingerprint density at radius 1 is 1.20 bits per heavy atom. The van der Waals surface area contributed by atoms with Gasteiger partial charge < -0.3 is 14.8 Å². The molecule has 1 rings (SSSR count). The lowest BCUT2D eigenvalue weighted by atomic mass is 10.1. The maximum absolute atomic E-state index is 11.3. The van der Waals surface area contributed by atoms with Gasteiger partial charge in [0.25, 0.3) is 0 Å². The van der Waals surface area contributed by atoms with Gasteiger partial charge in [-0.1, -0.05) is 26.0 Å². The van der Waals surface area contributed by atoms with Crippen LogP contribution in [0, 0.1) is 5.92 Å². The molecule has 0 heterocycles. The molecule has 1 aromatic carbocycles. The third kappa shape index (κ3) is 6.06. The molecule has 0 bridgehead atoms. The van der Waals surface area contributed by atoms with Gasteiger partial charge in [0.05, 0.1) is 13.7 Å². The molecule has 0 aliphatic carbocycles. The molecule has 1 unspecified atom stereocenters. The van der Waals surface area contributed by atoms with Crippen molar-refractivity contribution >= 4 is 5.97 Å². The van der Waals surface area contributed by atoms with E-state index in [4.69, 9.17) is 4.74 Å². The molecule has 0 radical (unpaired) electrons. The normalized spacial score (nSPS) is 12.2. The second-order valence-electron chi connectivity index (χ2n) is 5.30. The minimum absolute atomic E-state index is 0.251. The van der Waals surface area contributed by atoms with Crippen LogP contribution >= 0.6 is 0 Å². The summed E-state index contributed by atoms with van der Waals surface area (Å²) in [5.74, 6) is 1.28. The van der Waals surface area contributed by atoms with Crippen LogP contribution in [0.2, 0.25) is 0 Å². The predicted octanol–water partition coefficient (Wildman–Crippen LogP) is 2.76. The molecule has 4 nitrogen and oxygen atoms in total. The molecule has 0 spiro atoms. The summed E-state index contributed by atoms with van der Waals surface area (Å²) in [6.07, 6.45) is 1.06. The first-order chi connectivity index (χ1) is 9.52. The summed E-state index contributed by atoms with van der Waals surface area (Å²) >= 11 is 0. The molecule has 0 aliphatic heterocycles. The van der Waals surface area contributed by atoms with E-state index in [1.54, 1.807) is 6.92 Å². The van der Waals surface area contributed by atoms with Crippen molar-refractivity contribution in [2.45, 2.75) is 39.8 Å². The van der Waals surface area contributed by atoms with Crippen molar-refractivity contribution in [2.75, 3.05) is 13.7 Å². The van der Waals surface area contributed by atoms with E-state index >= 15 is 0 Å². The molecule has 0 aromatic heterocycles. The molecule has 112 valence electrons. The summed E-state index contributed by atoms with van der Waals surface area (Å²) in [5, 5.41) is 3.11. The van der Waals surface area contributed by atoms with Crippen LogP contribution in [0.25, 0.3) is 0 Å². The average molecular weight is 279 g/mol. The topological polar surface area (TPSA) is 47.6 Å². The zero-order valence-corrected chi connectivity index (χ0v) is 12.8. The van der Waals surface area contributed by atoms with Gasteiger partial charge >= 0.3 is 5.97 Å². The van der Waals surface area contributed by atoms with Gasteiger partial charge in [-0.15, -0.1) is 0 Å². The Kier molecular flexibility index (Phi) is 7.09. The fourth-order valence-corrected chi connectivity index (χ4v) is 1.65. The summed E-state index contributed by atoms with van der Waals surface area (Å²) < 4.78 is 10.3. The first-order valence-corrected chi connectivity index (χ1v) is 7.06. The first kappa shape index (κ1) is 16.5. The number of benzene rings is 1. The van der Waals surface area contributed by atoms with Crippen LogP contribution in [0.3, 0.4) is 0 Å². The van der Waals surface area contributed by atoms with Crippen molar-refractivity contribution in [3.63, 3.8) is 0 Å². The van der Waals surface area contributed by atoms with Crippen LogP contribution in [0.15, 0.2) is 24.3 Å². The summed E-state index contributed by atoms with van der Waals surface area (Å²) in [4.78, 5) is 11.3. The van der Waals surface area contributed by atoms with Crippen LogP contribution < -0.4 is 10.1 Å². The number of ether oxygens (including phenoxy) is 2. The van der Waals surface area contributed by atoms with Gasteiger partial charge in [-0.25, -0.2) is 0 Å². The van der Waals surface area contributed by atoms with Crippen molar-refractivity contribution in [1.29, 1.82) is 0 Å². The molecule has 1 N–H and O–H groups in total. The van der Waals surface area contributed by atoms with Crippen molar-refractivity contribution in [3.05, 3.63) is 29.8 Å². The lowest BCUT2D eigenvalue weighted by Crippen LogP contribution is -2.34. The highest BCUT2D eigenvalue weighted by atomic mass is 16.5. The zero-order chi connectivity index (χ0) is 15.0. The number of hydrogen-bond acceptors (Lipinski definition) is 4. The van der Waals surface area contributed by atoms with E-state index in [1.165, 1.54) is 7.11 Å². The number of nitrogens with one attached hydrogen (secondary N) is 1. The number of carbonyl (C=O) groups is 1. The smallest absolute Gasteiger partial charge is 0.322 e. The van der Waals surface area contributed by atoms with E-state index in [0.717, 1.165) is 24.3 Å². The van der Waals surface area contributed by atoms with E-state index < -0.39 is 0 Å². The average Bonchev–Trinajstić information content (AvgIpc) is 2.44. The quantitative estimate of drug-likeness (QED) is 0.743. The lowest BCUT2D eigenvalue weighted by Gasteiger charge is -2.12. The summed E-state index contributed by atoms with van der Waals surface area (Å²) in [7, 11) is 1.39. The third-order valence-electron chi connectivity index (χ3n) is 3.05. The number of methoxy groups -OCH3 is 1. The van der Waals surface area contributed by atoms with Gasteiger partial charge in [0.15, 0.2) is 0 Å². The highest BCUT2D eigenvalue weighted by Crippen LogP contribution is 2.13. The second-order valence-corrected chi connectivity index (χ2v) is 5.30. The number of hydrogen-bond donors (Lipinski definition) is 1. The van der Waals surface area contributed by atoms with E-state index in [-0.39, 0.29) is 12.0 Å². The molecular formula is C16H25NO3. The van der Waals surface area contributed by atoms with Gasteiger partial charge in [0.2, 0.25) is 0 Å². The number of carbonyl (C=O) groups excluding carboxylic acids is 1. The summed E-state index contributed by atoms with van der Waals surface area (Å²) in [6, 6.07) is 7.62. The van der Waals surface area contributed by atoms with E-state index in [0.29, 0.717) is 12.5 Å². The summed E-state index contributed by atoms with van der Waals surface area (Å²) in [6.45, 7) is 7.52. The van der Waals surface area contributed by atoms with Gasteiger partial charge in [-0.2, -0.15) is 0 Å². The van der Waals surface area contributed by atoms with Gasteiger partial charge in [-0.3, -0.25) is 4.79 Å². The largest absolute Gasteiger partial charge is 0.494 e. The maximum atomic E-state index is 11.3. The Hall–Kier alpha value is -1.55. The van der Waals surface area contributed by atoms with Gasteiger partial charge in [0, 0.05) is 6.54 Å². The zero-order valence-electron chi connectivity index (χ0n) is 12.8. The second kappa shape index (κ2) is 8.59. The molecule has 4 heteroatoms. The first-order valence-electron chi connectivity index (χ1n) is 7.06. The molecule has 20 heavy (non-hydrogen) atoms. The number of rotatable bonds is 8. The van der Waals surface area contributed by atoms with Crippen LogP contribution in [0.5, 0.6) is 5.75 Å². The van der Waals surface area contributed by atoms with Crippen LogP contribution in [-0.4, -0.2) is 25.7 Å². The Morgan fingerprint density at radius 2 is 1.85 bits per heavy atom. The van der Waals surface area contributed by atoms with Crippen molar-refractivity contribution < 1.29 is 14.3 Å². The van der Waals surface area contributed by atoms with Crippen molar-refractivity contribution in [3.8, 4) is 5.75 Å². The minimum Gasteiger partial charge on any atom is -0.494 e. The molecule has 1 atom stereocenters. The molecule has 0 fully saturated rings. The summed E-state index contributed by atoms with van der Waals surface area (Å²) in [5.41, 5.74) is 1.11. The van der Waals surface area contributed by atoms with Crippen molar-refractivity contribution in [1.82, 2.24) is 5.32 Å².